The molecular weight excluding hydrogens is 440 g/mol. The van der Waals surface area contributed by atoms with Crippen LogP contribution < -0.4 is 4.57 Å². The standard InChI is InChI=1S/C33H31N2O/c1-21-15-16-25-26-17-18-28(34-3)31(24-13-9-6-10-14-24)33(26)36-32(25)30(21)29-19-27(22(2)20-35(29)4)23-11-7-5-8-12-23/h6,9-10,13-20,23H,5,7-8,11-12H2,1-2,4H3/q+1/i2D3,23D. The lowest BCUT2D eigenvalue weighted by Gasteiger charge is -2.23. The molecule has 0 bridgehead atoms. The molecule has 3 aromatic carbocycles. The van der Waals surface area contributed by atoms with E-state index in [9.17, 15) is 1.37 Å². The number of hydrogen-bond donors (Lipinski definition) is 0. The molecule has 2 aromatic heterocycles. The van der Waals surface area contributed by atoms with Crippen LogP contribution in [0.1, 0.15) is 60.2 Å². The molecule has 0 amide bonds. The third-order valence-corrected chi connectivity index (χ3v) is 7.55. The predicted octanol–water partition coefficient (Wildman–Crippen LogP) is 8.96. The average molecular weight is 476 g/mol. The Hall–Kier alpha value is -3.90. The molecule has 0 N–H and O–H groups in total. The molecule has 0 radical (unpaired) electrons. The van der Waals surface area contributed by atoms with Gasteiger partial charge >= 0.3 is 0 Å². The SMILES string of the molecule is [2H]C([2H])([2H])c1c[n+](C)c(-c2c(C)ccc3c2oc2c(-c4ccccc4)c([N+]#[C-])ccc23)cc1C1([2H])CCCCC1. The third kappa shape index (κ3) is 3.60. The number of furan rings is 1. The molecule has 0 atom stereocenters. The smallest absolute Gasteiger partial charge is 0.216 e. The fourth-order valence-electron chi connectivity index (χ4n) is 5.72. The fourth-order valence-corrected chi connectivity index (χ4v) is 5.72. The lowest BCUT2D eigenvalue weighted by atomic mass is 9.82. The highest BCUT2D eigenvalue weighted by molar-refractivity contribution is 6.15. The van der Waals surface area contributed by atoms with Crippen LogP contribution in [0.15, 0.2) is 71.3 Å². The van der Waals surface area contributed by atoms with E-state index in [0.717, 1.165) is 58.0 Å². The first-order valence-electron chi connectivity index (χ1n) is 14.6. The summed E-state index contributed by atoms with van der Waals surface area (Å²) < 4.78 is 42.8. The quantitative estimate of drug-likeness (QED) is 0.188. The van der Waals surface area contributed by atoms with Gasteiger partial charge in [0.15, 0.2) is 11.9 Å². The van der Waals surface area contributed by atoms with Gasteiger partial charge in [-0.25, -0.2) is 9.41 Å². The van der Waals surface area contributed by atoms with Gasteiger partial charge in [0.2, 0.25) is 5.69 Å². The summed E-state index contributed by atoms with van der Waals surface area (Å²) in [5, 5.41) is 1.86. The molecule has 1 aliphatic rings. The Morgan fingerprint density at radius 3 is 2.39 bits per heavy atom. The van der Waals surface area contributed by atoms with Gasteiger partial charge in [-0.05, 0) is 49.2 Å². The van der Waals surface area contributed by atoms with E-state index >= 15 is 0 Å². The molecule has 178 valence electrons. The van der Waals surface area contributed by atoms with Crippen molar-refractivity contribution in [3.8, 4) is 22.4 Å². The average Bonchev–Trinajstić information content (AvgIpc) is 3.31. The molecule has 0 unspecified atom stereocenters. The largest absolute Gasteiger partial charge is 0.456 e. The monoisotopic (exact) mass is 475 g/mol. The number of aryl methyl sites for hydroxylation is 3. The summed E-state index contributed by atoms with van der Waals surface area (Å²) >= 11 is 0. The molecule has 36 heavy (non-hydrogen) atoms. The van der Waals surface area contributed by atoms with Crippen LogP contribution in [0.4, 0.5) is 5.69 Å². The number of fused-ring (bicyclic) bond motifs is 3. The molecule has 3 nitrogen and oxygen atoms in total. The Labute approximate surface area is 218 Å². The van der Waals surface area contributed by atoms with Crippen molar-refractivity contribution < 1.29 is 14.5 Å². The minimum Gasteiger partial charge on any atom is -0.456 e. The second-order valence-electron chi connectivity index (χ2n) is 9.81. The maximum absolute atomic E-state index is 9.37. The summed E-state index contributed by atoms with van der Waals surface area (Å²) in [7, 11) is 1.86. The Balaban J connectivity index is 1.67. The Morgan fingerprint density at radius 1 is 0.944 bits per heavy atom. The topological polar surface area (TPSA) is 21.4 Å². The van der Waals surface area contributed by atoms with Gasteiger partial charge in [-0.1, -0.05) is 73.9 Å². The number of aromatic nitrogens is 1. The van der Waals surface area contributed by atoms with E-state index in [-0.39, 0.29) is 5.56 Å². The Bertz CT molecular complexity index is 1810. The van der Waals surface area contributed by atoms with E-state index in [4.69, 9.17) is 15.1 Å². The van der Waals surface area contributed by atoms with Crippen molar-refractivity contribution in [2.75, 3.05) is 0 Å². The predicted molar refractivity (Wildman–Crippen MR) is 147 cm³/mol. The van der Waals surface area contributed by atoms with Crippen molar-refractivity contribution in [2.24, 2.45) is 7.05 Å². The zero-order valence-corrected chi connectivity index (χ0v) is 20.7. The maximum atomic E-state index is 9.37. The van der Waals surface area contributed by atoms with E-state index in [1.165, 1.54) is 0 Å². The van der Waals surface area contributed by atoms with Crippen LogP contribution in [0.5, 0.6) is 0 Å². The lowest BCUT2D eigenvalue weighted by molar-refractivity contribution is -0.660. The van der Waals surface area contributed by atoms with Crippen molar-refractivity contribution in [3.05, 3.63) is 95.0 Å². The summed E-state index contributed by atoms with van der Waals surface area (Å²) in [5.74, 6) is -0.939. The molecule has 1 fully saturated rings. The van der Waals surface area contributed by atoms with Crippen molar-refractivity contribution >= 4 is 27.6 Å². The second kappa shape index (κ2) is 8.95. The van der Waals surface area contributed by atoms with Crippen LogP contribution in [-0.4, -0.2) is 0 Å². The molecular formula is C33H31N2O+. The third-order valence-electron chi connectivity index (χ3n) is 7.55. The van der Waals surface area contributed by atoms with E-state index < -0.39 is 12.7 Å². The van der Waals surface area contributed by atoms with E-state index in [1.54, 1.807) is 6.20 Å². The van der Waals surface area contributed by atoms with E-state index in [0.29, 0.717) is 35.3 Å². The summed E-state index contributed by atoms with van der Waals surface area (Å²) in [5.41, 5.74) is 7.08. The normalized spacial score (nSPS) is 17.2. The second-order valence-corrected chi connectivity index (χ2v) is 9.81. The Kier molecular flexibility index (Phi) is 4.57. The van der Waals surface area contributed by atoms with Gasteiger partial charge in [0, 0.05) is 33.4 Å². The maximum Gasteiger partial charge on any atom is 0.216 e. The summed E-state index contributed by atoms with van der Waals surface area (Å²) in [6.45, 7) is 7.51. The number of pyridine rings is 1. The first kappa shape index (κ1) is 18.4. The summed E-state index contributed by atoms with van der Waals surface area (Å²) in [6.07, 6.45) is 5.91. The zero-order valence-electron chi connectivity index (χ0n) is 24.7. The Morgan fingerprint density at radius 2 is 1.67 bits per heavy atom. The highest BCUT2D eigenvalue weighted by atomic mass is 16.3. The van der Waals surface area contributed by atoms with Crippen LogP contribution >= 0.6 is 0 Å². The van der Waals surface area contributed by atoms with Gasteiger partial charge in [-0.2, -0.15) is 0 Å². The van der Waals surface area contributed by atoms with Gasteiger partial charge in [0.25, 0.3) is 0 Å². The first-order chi connectivity index (χ1) is 19.1. The number of benzene rings is 3. The minimum atomic E-state index is -2.32. The fraction of sp³-hybridized carbons (Fsp3) is 0.273. The van der Waals surface area contributed by atoms with Crippen LogP contribution in [0.3, 0.4) is 0 Å². The van der Waals surface area contributed by atoms with Gasteiger partial charge in [0.1, 0.15) is 18.2 Å². The number of nitrogens with zero attached hydrogens (tertiary/aromatic N) is 2. The first-order valence-corrected chi connectivity index (χ1v) is 12.6. The lowest BCUT2D eigenvalue weighted by Crippen LogP contribution is -2.32. The molecule has 0 aliphatic heterocycles. The highest BCUT2D eigenvalue weighted by Crippen LogP contribution is 2.44. The van der Waals surface area contributed by atoms with Crippen LogP contribution in [0.25, 0.3) is 49.2 Å². The van der Waals surface area contributed by atoms with Gasteiger partial charge in [0.05, 0.1) is 12.1 Å². The van der Waals surface area contributed by atoms with Crippen molar-refractivity contribution in [1.29, 1.82) is 0 Å². The highest BCUT2D eigenvalue weighted by Gasteiger charge is 2.26. The molecule has 5 aromatic rings. The molecule has 0 saturated heterocycles. The van der Waals surface area contributed by atoms with E-state index in [2.05, 4.69) is 17.0 Å². The summed E-state index contributed by atoms with van der Waals surface area (Å²) in [6, 6.07) is 19.7. The minimum absolute atomic E-state index is 0.248. The molecule has 6 rings (SSSR count). The van der Waals surface area contributed by atoms with E-state index in [1.807, 2.05) is 67.1 Å². The van der Waals surface area contributed by atoms with Crippen LogP contribution in [-0.2, 0) is 7.05 Å². The van der Waals surface area contributed by atoms with Gasteiger partial charge in [-0.3, -0.25) is 0 Å². The molecule has 1 aliphatic carbocycles. The molecule has 0 spiro atoms. The van der Waals surface area contributed by atoms with Crippen molar-refractivity contribution in [1.82, 2.24) is 0 Å². The van der Waals surface area contributed by atoms with Gasteiger partial charge < -0.3 is 4.42 Å². The number of hydrogen-bond acceptors (Lipinski definition) is 1. The van der Waals surface area contributed by atoms with Crippen LogP contribution in [0.2, 0.25) is 0 Å². The van der Waals surface area contributed by atoms with Crippen LogP contribution in [0, 0.1) is 20.3 Å². The van der Waals surface area contributed by atoms with Crippen molar-refractivity contribution in [3.63, 3.8) is 0 Å². The molecule has 3 heteroatoms. The van der Waals surface area contributed by atoms with Crippen molar-refractivity contribution in [2.45, 2.75) is 51.8 Å². The summed E-state index contributed by atoms with van der Waals surface area (Å²) in [4.78, 5) is 3.79. The molecule has 2 heterocycles. The number of rotatable bonds is 3. The molecule has 1 saturated carbocycles. The zero-order chi connectivity index (χ0) is 28.2. The van der Waals surface area contributed by atoms with Gasteiger partial charge in [-0.15, -0.1) is 0 Å².